The summed E-state index contributed by atoms with van der Waals surface area (Å²) in [6.45, 7) is 0. The van der Waals surface area contributed by atoms with E-state index in [1.165, 1.54) is 0 Å². The van der Waals surface area contributed by atoms with Gasteiger partial charge in [0.2, 0.25) is 0 Å². The smallest absolute Gasteiger partial charge is 0.135 e. The molecule has 0 atom stereocenters. The van der Waals surface area contributed by atoms with Crippen LogP contribution in [-0.2, 0) is 0 Å². The summed E-state index contributed by atoms with van der Waals surface area (Å²) in [4.78, 5) is 0. The predicted octanol–water partition coefficient (Wildman–Crippen LogP) is 2.86. The molecule has 0 N–H and O–H groups in total. The summed E-state index contributed by atoms with van der Waals surface area (Å²) in [5.41, 5.74) is 0.623. The van der Waals surface area contributed by atoms with Gasteiger partial charge in [-0.05, 0) is 40.9 Å². The van der Waals surface area contributed by atoms with E-state index in [0.29, 0.717) is 11.7 Å². The maximum absolute atomic E-state index is 8.76. The van der Waals surface area contributed by atoms with Gasteiger partial charge < -0.3 is 4.74 Å². The predicted molar refractivity (Wildman–Crippen MR) is 52.5 cm³/mol. The fourth-order valence-electron chi connectivity index (χ4n) is 1.05. The first kappa shape index (κ1) is 8.58. The fourth-order valence-corrected chi connectivity index (χ4v) is 1.50. The molecule has 2 rings (SSSR count). The van der Waals surface area contributed by atoms with Gasteiger partial charge in [-0.2, -0.15) is 5.26 Å². The van der Waals surface area contributed by atoms with Crippen molar-refractivity contribution >= 4 is 15.9 Å². The van der Waals surface area contributed by atoms with E-state index in [-0.39, 0.29) is 0 Å². The summed E-state index contributed by atoms with van der Waals surface area (Å²) < 4.78 is 6.37. The number of benzene rings is 1. The van der Waals surface area contributed by atoms with Crippen LogP contribution in [0, 0.1) is 11.3 Å². The van der Waals surface area contributed by atoms with E-state index in [1.54, 1.807) is 6.07 Å². The van der Waals surface area contributed by atoms with Crippen molar-refractivity contribution in [1.82, 2.24) is 0 Å². The van der Waals surface area contributed by atoms with Gasteiger partial charge in [0.1, 0.15) is 11.8 Å². The van der Waals surface area contributed by atoms with Crippen molar-refractivity contribution in [2.45, 2.75) is 18.9 Å². The highest BCUT2D eigenvalue weighted by atomic mass is 79.9. The lowest BCUT2D eigenvalue weighted by Crippen LogP contribution is -1.97. The summed E-state index contributed by atoms with van der Waals surface area (Å²) in [5, 5.41) is 8.76. The second kappa shape index (κ2) is 3.39. The number of halogens is 1. The van der Waals surface area contributed by atoms with Crippen molar-refractivity contribution in [3.05, 3.63) is 28.2 Å². The van der Waals surface area contributed by atoms with E-state index in [2.05, 4.69) is 22.0 Å². The average molecular weight is 238 g/mol. The highest BCUT2D eigenvalue weighted by molar-refractivity contribution is 9.10. The summed E-state index contributed by atoms with van der Waals surface area (Å²) >= 11 is 3.35. The Morgan fingerprint density at radius 3 is 2.85 bits per heavy atom. The monoisotopic (exact) mass is 237 g/mol. The van der Waals surface area contributed by atoms with Gasteiger partial charge in [0, 0.05) is 0 Å². The normalized spacial score (nSPS) is 15.1. The van der Waals surface area contributed by atoms with Crippen LogP contribution in [0.1, 0.15) is 18.4 Å². The molecule has 1 fully saturated rings. The molecule has 0 aromatic heterocycles. The molecular formula is C10H8BrNO. The molecule has 0 spiro atoms. The van der Waals surface area contributed by atoms with Gasteiger partial charge in [0.15, 0.2) is 0 Å². The van der Waals surface area contributed by atoms with Gasteiger partial charge >= 0.3 is 0 Å². The molecule has 2 nitrogen and oxygen atoms in total. The molecule has 0 aliphatic heterocycles. The lowest BCUT2D eigenvalue weighted by Gasteiger charge is -2.06. The van der Waals surface area contributed by atoms with Crippen LogP contribution < -0.4 is 4.74 Å². The van der Waals surface area contributed by atoms with Crippen molar-refractivity contribution in [1.29, 1.82) is 5.26 Å². The third kappa shape index (κ3) is 1.84. The topological polar surface area (TPSA) is 33.0 Å². The number of hydrogen-bond donors (Lipinski definition) is 0. The van der Waals surface area contributed by atoms with Crippen LogP contribution in [0.15, 0.2) is 22.7 Å². The first-order valence-corrected chi connectivity index (χ1v) is 4.96. The zero-order valence-corrected chi connectivity index (χ0v) is 8.54. The van der Waals surface area contributed by atoms with E-state index in [9.17, 15) is 0 Å². The first-order chi connectivity index (χ1) is 6.31. The molecule has 0 amide bonds. The van der Waals surface area contributed by atoms with Crippen molar-refractivity contribution in [2.75, 3.05) is 0 Å². The first-order valence-electron chi connectivity index (χ1n) is 4.16. The second-order valence-corrected chi connectivity index (χ2v) is 3.84. The largest absolute Gasteiger partial charge is 0.489 e. The van der Waals surface area contributed by atoms with Gasteiger partial charge in [0.25, 0.3) is 0 Å². The van der Waals surface area contributed by atoms with Crippen LogP contribution in [0.3, 0.4) is 0 Å². The minimum absolute atomic E-state index is 0.366. The molecule has 0 heterocycles. The molecule has 1 aromatic rings. The number of rotatable bonds is 2. The van der Waals surface area contributed by atoms with Gasteiger partial charge in [-0.3, -0.25) is 0 Å². The molecule has 66 valence electrons. The van der Waals surface area contributed by atoms with Crippen LogP contribution in [0.2, 0.25) is 0 Å². The molecule has 0 unspecified atom stereocenters. The maximum Gasteiger partial charge on any atom is 0.135 e. The third-order valence-corrected chi connectivity index (χ3v) is 2.72. The summed E-state index contributed by atoms with van der Waals surface area (Å²) in [6.07, 6.45) is 2.62. The van der Waals surface area contributed by atoms with Gasteiger partial charge in [0.05, 0.1) is 16.1 Å². The summed E-state index contributed by atoms with van der Waals surface area (Å²) in [7, 11) is 0. The van der Waals surface area contributed by atoms with Gasteiger partial charge in [-0.25, -0.2) is 0 Å². The van der Waals surface area contributed by atoms with Crippen molar-refractivity contribution in [2.24, 2.45) is 0 Å². The quantitative estimate of drug-likeness (QED) is 0.793. The molecular weight excluding hydrogens is 230 g/mol. The van der Waals surface area contributed by atoms with E-state index >= 15 is 0 Å². The SMILES string of the molecule is N#Cc1cccc(OC2CC2)c1Br. The Kier molecular flexibility index (Phi) is 2.24. The van der Waals surface area contributed by atoms with Crippen LogP contribution in [0.4, 0.5) is 0 Å². The molecule has 13 heavy (non-hydrogen) atoms. The molecule has 1 saturated carbocycles. The maximum atomic E-state index is 8.76. The molecule has 0 radical (unpaired) electrons. The molecule has 1 aromatic carbocycles. The Morgan fingerprint density at radius 1 is 1.46 bits per heavy atom. The van der Waals surface area contributed by atoms with E-state index < -0.39 is 0 Å². The van der Waals surface area contributed by atoms with Crippen LogP contribution in [0.5, 0.6) is 5.75 Å². The molecule has 0 bridgehead atoms. The number of hydrogen-bond acceptors (Lipinski definition) is 2. The zero-order chi connectivity index (χ0) is 9.26. The lowest BCUT2D eigenvalue weighted by molar-refractivity contribution is 0.301. The minimum Gasteiger partial charge on any atom is -0.489 e. The van der Waals surface area contributed by atoms with E-state index in [1.807, 2.05) is 12.1 Å². The fraction of sp³-hybridized carbons (Fsp3) is 0.300. The molecule has 0 saturated heterocycles. The highest BCUT2D eigenvalue weighted by Gasteiger charge is 2.24. The standard InChI is InChI=1S/C10H8BrNO/c11-10-7(6-12)2-1-3-9(10)13-8-4-5-8/h1-3,8H,4-5H2. The Labute approximate surface area is 85.3 Å². The number of nitriles is 1. The molecule has 1 aliphatic rings. The molecule has 1 aliphatic carbocycles. The van der Waals surface area contributed by atoms with Crippen molar-refractivity contribution in [3.63, 3.8) is 0 Å². The minimum atomic E-state index is 0.366. The van der Waals surface area contributed by atoms with E-state index in [4.69, 9.17) is 10.00 Å². The van der Waals surface area contributed by atoms with Gasteiger partial charge in [-0.15, -0.1) is 0 Å². The Morgan fingerprint density at radius 2 is 2.23 bits per heavy atom. The zero-order valence-electron chi connectivity index (χ0n) is 6.96. The summed E-state index contributed by atoms with van der Waals surface area (Å²) in [6, 6.07) is 7.58. The highest BCUT2D eigenvalue weighted by Crippen LogP contribution is 2.33. The van der Waals surface area contributed by atoms with Crippen molar-refractivity contribution < 1.29 is 4.74 Å². The third-order valence-electron chi connectivity index (χ3n) is 1.90. The van der Waals surface area contributed by atoms with Crippen LogP contribution in [0.25, 0.3) is 0 Å². The average Bonchev–Trinajstić information content (AvgIpc) is 2.92. The van der Waals surface area contributed by atoms with Crippen LogP contribution >= 0.6 is 15.9 Å². The summed E-state index contributed by atoms with van der Waals surface area (Å²) in [5.74, 6) is 0.779. The van der Waals surface area contributed by atoms with E-state index in [0.717, 1.165) is 23.1 Å². The Balaban J connectivity index is 2.28. The van der Waals surface area contributed by atoms with Crippen molar-refractivity contribution in [3.8, 4) is 11.8 Å². The lowest BCUT2D eigenvalue weighted by atomic mass is 10.2. The van der Waals surface area contributed by atoms with Gasteiger partial charge in [-0.1, -0.05) is 6.07 Å². The Hall–Kier alpha value is -1.01. The number of nitrogens with zero attached hydrogens (tertiary/aromatic N) is 1. The number of ether oxygens (including phenoxy) is 1. The Bertz CT molecular complexity index is 366. The molecule has 3 heteroatoms. The second-order valence-electron chi connectivity index (χ2n) is 3.05. The van der Waals surface area contributed by atoms with Crippen LogP contribution in [-0.4, -0.2) is 6.10 Å².